The number of aryl methyl sites for hydroxylation is 1. The minimum absolute atomic E-state index is 0.668. The summed E-state index contributed by atoms with van der Waals surface area (Å²) in [6, 6.07) is 0. The summed E-state index contributed by atoms with van der Waals surface area (Å²) < 4.78 is 1.86. The van der Waals surface area contributed by atoms with Crippen molar-refractivity contribution in [3.05, 3.63) is 35.9 Å². The molecule has 0 unspecified atom stereocenters. The van der Waals surface area contributed by atoms with Crippen LogP contribution in [0.2, 0.25) is 0 Å². The van der Waals surface area contributed by atoms with E-state index in [1.807, 2.05) is 30.3 Å². The van der Waals surface area contributed by atoms with Crippen LogP contribution in [0.3, 0.4) is 0 Å². The van der Waals surface area contributed by atoms with Crippen LogP contribution < -0.4 is 0 Å². The zero-order valence-corrected chi connectivity index (χ0v) is 12.0. The molecule has 0 spiro atoms. The second-order valence-electron chi connectivity index (χ2n) is 5.51. The van der Waals surface area contributed by atoms with Gasteiger partial charge < -0.3 is 0 Å². The first-order chi connectivity index (χ1) is 9.13. The van der Waals surface area contributed by atoms with E-state index in [4.69, 9.17) is 0 Å². The Bertz CT molecular complexity index is 472. The Balaban J connectivity index is 1.91. The minimum atomic E-state index is 0.668. The molecule has 19 heavy (non-hydrogen) atoms. The second-order valence-corrected chi connectivity index (χ2v) is 5.51. The smallest absolute Gasteiger partial charge is 0.0534 e. The minimum Gasteiger partial charge on any atom is -0.298 e. The summed E-state index contributed by atoms with van der Waals surface area (Å²) in [6.45, 7) is 7.63. The zero-order valence-electron chi connectivity index (χ0n) is 12.0. The summed E-state index contributed by atoms with van der Waals surface area (Å²) in [7, 11) is 1.96. The van der Waals surface area contributed by atoms with E-state index in [1.54, 1.807) is 0 Å². The highest BCUT2D eigenvalue weighted by atomic mass is 15.2. The number of hydrogen-bond acceptors (Lipinski definition) is 3. The van der Waals surface area contributed by atoms with Gasteiger partial charge in [0, 0.05) is 44.6 Å². The molecule has 1 N–H and O–H groups in total. The molecule has 0 saturated heterocycles. The molecular weight excluding hydrogens is 238 g/mol. The van der Waals surface area contributed by atoms with Crippen LogP contribution in [0.5, 0.6) is 0 Å². The molecule has 0 amide bonds. The summed E-state index contributed by atoms with van der Waals surface area (Å²) in [5, 5.41) is 11.1. The summed E-state index contributed by atoms with van der Waals surface area (Å²) in [5.74, 6) is 0.668. The van der Waals surface area contributed by atoms with Crippen LogP contribution in [0, 0.1) is 5.92 Å². The van der Waals surface area contributed by atoms with E-state index in [-0.39, 0.29) is 0 Å². The van der Waals surface area contributed by atoms with Gasteiger partial charge in [-0.1, -0.05) is 13.8 Å². The maximum absolute atomic E-state index is 4.23. The molecule has 0 aliphatic carbocycles. The fraction of sp³-hybridized carbons (Fsp3) is 0.571. The fourth-order valence-corrected chi connectivity index (χ4v) is 2.26. The third kappa shape index (κ3) is 4.52. The Morgan fingerprint density at radius 3 is 2.74 bits per heavy atom. The maximum atomic E-state index is 4.23. The third-order valence-electron chi connectivity index (χ3n) is 3.06. The van der Waals surface area contributed by atoms with Gasteiger partial charge in [-0.2, -0.15) is 10.2 Å². The predicted octanol–water partition coefficient (Wildman–Crippen LogP) is 1.84. The molecule has 2 heterocycles. The van der Waals surface area contributed by atoms with Crippen LogP contribution in [-0.4, -0.2) is 38.0 Å². The van der Waals surface area contributed by atoms with Crippen molar-refractivity contribution in [2.24, 2.45) is 13.0 Å². The number of hydrogen-bond donors (Lipinski definition) is 1. The molecule has 0 aromatic carbocycles. The lowest BCUT2D eigenvalue weighted by atomic mass is 10.1. The van der Waals surface area contributed by atoms with Crippen LogP contribution in [0.1, 0.15) is 25.0 Å². The van der Waals surface area contributed by atoms with Gasteiger partial charge in [-0.15, -0.1) is 0 Å². The Kier molecular flexibility index (Phi) is 4.74. The van der Waals surface area contributed by atoms with Crippen LogP contribution >= 0.6 is 0 Å². The lowest BCUT2D eigenvalue weighted by Crippen LogP contribution is -2.29. The van der Waals surface area contributed by atoms with Gasteiger partial charge in [0.15, 0.2) is 0 Å². The summed E-state index contributed by atoms with van der Waals surface area (Å²) in [6.07, 6.45) is 8.94. The summed E-state index contributed by atoms with van der Waals surface area (Å²) >= 11 is 0. The molecule has 0 saturated carbocycles. The van der Waals surface area contributed by atoms with Gasteiger partial charge in [0.2, 0.25) is 0 Å². The van der Waals surface area contributed by atoms with Gasteiger partial charge in [-0.25, -0.2) is 0 Å². The first-order valence-corrected chi connectivity index (χ1v) is 6.81. The molecule has 5 heteroatoms. The Morgan fingerprint density at radius 2 is 2.16 bits per heavy atom. The second kappa shape index (κ2) is 6.52. The fourth-order valence-electron chi connectivity index (χ4n) is 2.26. The number of nitrogens with zero attached hydrogens (tertiary/aromatic N) is 4. The summed E-state index contributed by atoms with van der Waals surface area (Å²) in [5.41, 5.74) is 2.54. The van der Waals surface area contributed by atoms with Gasteiger partial charge in [-0.3, -0.25) is 14.7 Å². The average Bonchev–Trinajstić information content (AvgIpc) is 2.97. The standard InChI is InChI=1S/C14H23N5/c1-12(2)9-19(5-4-13-6-15-16-7-13)11-14-8-17-18(3)10-14/h6-8,10,12H,4-5,9,11H2,1-3H3,(H,15,16). The largest absolute Gasteiger partial charge is 0.298 e. The number of aromatic nitrogens is 4. The van der Waals surface area contributed by atoms with Crippen molar-refractivity contribution < 1.29 is 0 Å². The monoisotopic (exact) mass is 261 g/mol. The van der Waals surface area contributed by atoms with E-state index in [2.05, 4.69) is 40.2 Å². The van der Waals surface area contributed by atoms with Crippen LogP contribution in [0.25, 0.3) is 0 Å². The molecular formula is C14H23N5. The Hall–Kier alpha value is -1.62. The molecule has 0 radical (unpaired) electrons. The molecule has 2 aromatic rings. The van der Waals surface area contributed by atoms with Crippen molar-refractivity contribution in [2.45, 2.75) is 26.8 Å². The first-order valence-electron chi connectivity index (χ1n) is 6.81. The highest BCUT2D eigenvalue weighted by molar-refractivity contribution is 5.05. The number of nitrogens with one attached hydrogen (secondary N) is 1. The van der Waals surface area contributed by atoms with Gasteiger partial charge >= 0.3 is 0 Å². The van der Waals surface area contributed by atoms with Crippen LogP contribution in [0.4, 0.5) is 0 Å². The van der Waals surface area contributed by atoms with Gasteiger partial charge in [0.25, 0.3) is 0 Å². The molecule has 5 nitrogen and oxygen atoms in total. The predicted molar refractivity (Wildman–Crippen MR) is 75.6 cm³/mol. The van der Waals surface area contributed by atoms with E-state index in [0.29, 0.717) is 5.92 Å². The van der Waals surface area contributed by atoms with E-state index in [1.165, 1.54) is 11.1 Å². The molecule has 104 valence electrons. The van der Waals surface area contributed by atoms with Gasteiger partial charge in [0.05, 0.1) is 12.4 Å². The van der Waals surface area contributed by atoms with Crippen molar-refractivity contribution >= 4 is 0 Å². The SMILES string of the molecule is CC(C)CN(CCc1cn[nH]c1)Cc1cnn(C)c1. The normalized spacial score (nSPS) is 11.6. The molecule has 0 fully saturated rings. The van der Waals surface area contributed by atoms with Gasteiger partial charge in [-0.05, 0) is 17.9 Å². The quantitative estimate of drug-likeness (QED) is 0.827. The van der Waals surface area contributed by atoms with Crippen molar-refractivity contribution in [2.75, 3.05) is 13.1 Å². The first kappa shape index (κ1) is 13.8. The Labute approximate surface area is 114 Å². The molecule has 0 aliphatic heterocycles. The van der Waals surface area contributed by atoms with E-state index < -0.39 is 0 Å². The van der Waals surface area contributed by atoms with Crippen LogP contribution in [0.15, 0.2) is 24.8 Å². The van der Waals surface area contributed by atoms with E-state index in [0.717, 1.165) is 26.1 Å². The lowest BCUT2D eigenvalue weighted by Gasteiger charge is -2.23. The highest BCUT2D eigenvalue weighted by Gasteiger charge is 2.10. The van der Waals surface area contributed by atoms with E-state index in [9.17, 15) is 0 Å². The van der Waals surface area contributed by atoms with E-state index >= 15 is 0 Å². The molecule has 2 aromatic heterocycles. The van der Waals surface area contributed by atoms with Crippen molar-refractivity contribution in [3.8, 4) is 0 Å². The highest BCUT2D eigenvalue weighted by Crippen LogP contribution is 2.08. The molecule has 0 bridgehead atoms. The van der Waals surface area contributed by atoms with Crippen molar-refractivity contribution in [1.29, 1.82) is 0 Å². The van der Waals surface area contributed by atoms with Crippen molar-refractivity contribution in [3.63, 3.8) is 0 Å². The lowest BCUT2D eigenvalue weighted by molar-refractivity contribution is 0.239. The summed E-state index contributed by atoms with van der Waals surface area (Å²) in [4.78, 5) is 2.48. The maximum Gasteiger partial charge on any atom is 0.0534 e. The van der Waals surface area contributed by atoms with Crippen molar-refractivity contribution in [1.82, 2.24) is 24.9 Å². The van der Waals surface area contributed by atoms with Crippen LogP contribution in [-0.2, 0) is 20.0 Å². The average molecular weight is 261 g/mol. The number of aromatic amines is 1. The molecule has 0 aliphatic rings. The molecule has 0 atom stereocenters. The van der Waals surface area contributed by atoms with Gasteiger partial charge in [0.1, 0.15) is 0 Å². The topological polar surface area (TPSA) is 49.7 Å². The third-order valence-corrected chi connectivity index (χ3v) is 3.06. The number of H-pyrrole nitrogens is 1. The Morgan fingerprint density at radius 1 is 1.32 bits per heavy atom. The molecule has 2 rings (SSSR count). The zero-order chi connectivity index (χ0) is 13.7. The number of rotatable bonds is 7.